The fourth-order valence-corrected chi connectivity index (χ4v) is 3.95. The second-order valence-corrected chi connectivity index (χ2v) is 8.01. The first-order valence-electron chi connectivity index (χ1n) is 11.6. The minimum Gasteiger partial charge on any atom is -0.481 e. The number of ether oxygens (including phenoxy) is 4. The Morgan fingerprint density at radius 1 is 0.868 bits per heavy atom. The van der Waals surface area contributed by atoms with Gasteiger partial charge in [0.05, 0.1) is 20.3 Å². The summed E-state index contributed by atoms with van der Waals surface area (Å²) >= 11 is 0. The predicted molar refractivity (Wildman–Crippen MR) is 139 cm³/mol. The number of esters is 1. The van der Waals surface area contributed by atoms with Crippen LogP contribution in [-0.2, 0) is 21.7 Å². The highest BCUT2D eigenvalue weighted by atomic mass is 16.6. The van der Waals surface area contributed by atoms with E-state index in [-0.39, 0.29) is 24.4 Å². The Hall–Kier alpha value is -5.08. The van der Waals surface area contributed by atoms with Crippen molar-refractivity contribution in [3.05, 3.63) is 124 Å². The smallest absolute Gasteiger partial charge is 0.349 e. The zero-order chi connectivity index (χ0) is 26.8. The minimum absolute atomic E-state index is 0.0300. The van der Waals surface area contributed by atoms with Crippen molar-refractivity contribution in [3.63, 3.8) is 0 Å². The summed E-state index contributed by atoms with van der Waals surface area (Å²) in [6.45, 7) is -0.0300. The number of nitrogens with zero attached hydrogens (tertiary/aromatic N) is 5. The highest BCUT2D eigenvalue weighted by Gasteiger charge is 2.49. The van der Waals surface area contributed by atoms with Crippen LogP contribution in [-0.4, -0.2) is 36.3 Å². The molecule has 0 aliphatic carbocycles. The van der Waals surface area contributed by atoms with Crippen LogP contribution in [0.15, 0.2) is 102 Å². The molecule has 1 heterocycles. The van der Waals surface area contributed by atoms with E-state index in [1.54, 1.807) is 48.5 Å². The van der Waals surface area contributed by atoms with Crippen LogP contribution in [0.4, 0.5) is 0 Å². The largest absolute Gasteiger partial charge is 0.481 e. The van der Waals surface area contributed by atoms with Gasteiger partial charge in [-0.2, -0.15) is 9.97 Å². The summed E-state index contributed by atoms with van der Waals surface area (Å²) in [5.41, 5.74) is 9.86. The molecule has 0 spiro atoms. The van der Waals surface area contributed by atoms with E-state index >= 15 is 0 Å². The van der Waals surface area contributed by atoms with Gasteiger partial charge in [-0.1, -0.05) is 96.1 Å². The molecule has 38 heavy (non-hydrogen) atoms. The molecule has 192 valence electrons. The number of aromatic nitrogens is 2. The summed E-state index contributed by atoms with van der Waals surface area (Å²) in [6.07, 6.45) is -1.54. The van der Waals surface area contributed by atoms with Gasteiger partial charge in [0.1, 0.15) is 12.1 Å². The third-order valence-corrected chi connectivity index (χ3v) is 5.75. The maximum absolute atomic E-state index is 13.8. The van der Waals surface area contributed by atoms with E-state index in [4.69, 9.17) is 18.9 Å². The van der Waals surface area contributed by atoms with Crippen LogP contribution < -0.4 is 14.2 Å². The highest BCUT2D eigenvalue weighted by Crippen LogP contribution is 2.40. The van der Waals surface area contributed by atoms with Gasteiger partial charge < -0.3 is 18.9 Å². The molecule has 0 saturated carbocycles. The van der Waals surface area contributed by atoms with Gasteiger partial charge >= 0.3 is 12.0 Å². The van der Waals surface area contributed by atoms with Crippen molar-refractivity contribution in [1.29, 1.82) is 0 Å². The molecule has 1 unspecified atom stereocenters. The Labute approximate surface area is 219 Å². The van der Waals surface area contributed by atoms with E-state index in [0.29, 0.717) is 11.1 Å². The summed E-state index contributed by atoms with van der Waals surface area (Å²) < 4.78 is 22.3. The molecule has 10 nitrogen and oxygen atoms in total. The van der Waals surface area contributed by atoms with Crippen molar-refractivity contribution in [3.8, 4) is 17.8 Å². The Balaban J connectivity index is 1.89. The molecule has 0 N–H and O–H groups in total. The maximum Gasteiger partial charge on any atom is 0.349 e. The van der Waals surface area contributed by atoms with Gasteiger partial charge in [0.15, 0.2) is 0 Å². The zero-order valence-electron chi connectivity index (χ0n) is 20.8. The number of methoxy groups -OCH3 is 2. The number of benzene rings is 3. The topological polar surface area (TPSA) is 129 Å². The zero-order valence-corrected chi connectivity index (χ0v) is 20.8. The Morgan fingerprint density at radius 3 is 1.84 bits per heavy atom. The molecule has 4 rings (SSSR count). The summed E-state index contributed by atoms with van der Waals surface area (Å²) in [7, 11) is 2.85. The van der Waals surface area contributed by atoms with Crippen molar-refractivity contribution in [2.45, 2.75) is 18.2 Å². The normalized spacial score (nSPS) is 11.5. The monoisotopic (exact) mass is 511 g/mol. The quantitative estimate of drug-likeness (QED) is 0.117. The number of hydrogen-bond donors (Lipinski definition) is 0. The van der Waals surface area contributed by atoms with Crippen molar-refractivity contribution < 1.29 is 23.7 Å². The summed E-state index contributed by atoms with van der Waals surface area (Å²) in [5.74, 6) is -0.492. The molecule has 0 bridgehead atoms. The lowest BCUT2D eigenvalue weighted by Crippen LogP contribution is -2.49. The molecule has 0 aliphatic heterocycles. The van der Waals surface area contributed by atoms with E-state index in [9.17, 15) is 10.3 Å². The molecule has 4 aromatic rings. The van der Waals surface area contributed by atoms with Crippen LogP contribution in [0.1, 0.15) is 16.7 Å². The van der Waals surface area contributed by atoms with Crippen LogP contribution in [0.5, 0.6) is 17.8 Å². The number of hydrogen-bond acceptors (Lipinski definition) is 8. The van der Waals surface area contributed by atoms with Gasteiger partial charge in [0, 0.05) is 4.91 Å². The van der Waals surface area contributed by atoms with Gasteiger partial charge in [0.2, 0.25) is 17.9 Å². The van der Waals surface area contributed by atoms with Crippen molar-refractivity contribution in [1.82, 2.24) is 9.97 Å². The van der Waals surface area contributed by atoms with Crippen LogP contribution in [0.25, 0.3) is 10.4 Å². The van der Waals surface area contributed by atoms with Gasteiger partial charge in [-0.25, -0.2) is 4.79 Å². The average molecular weight is 512 g/mol. The van der Waals surface area contributed by atoms with Crippen molar-refractivity contribution in [2.75, 3.05) is 14.2 Å². The lowest BCUT2D eigenvalue weighted by atomic mass is 9.78. The van der Waals surface area contributed by atoms with E-state index in [2.05, 4.69) is 20.0 Å². The van der Waals surface area contributed by atoms with Crippen LogP contribution in [0.3, 0.4) is 0 Å². The summed E-state index contributed by atoms with van der Waals surface area (Å²) in [4.78, 5) is 25.4. The minimum atomic E-state index is -1.69. The SMILES string of the molecule is COc1cc(OC)nc(OC(C(=O)OCc2ccccc2)C(N=[N+]=[N-])(c2ccccc2)c2ccccc2)n1. The molecular weight excluding hydrogens is 486 g/mol. The van der Waals surface area contributed by atoms with Crippen molar-refractivity contribution in [2.24, 2.45) is 5.11 Å². The van der Waals surface area contributed by atoms with Gasteiger partial charge in [-0.05, 0) is 22.2 Å². The Bertz CT molecular complexity index is 1340. The lowest BCUT2D eigenvalue weighted by molar-refractivity contribution is -0.156. The van der Waals surface area contributed by atoms with Crippen LogP contribution >= 0.6 is 0 Å². The predicted octanol–water partition coefficient (Wildman–Crippen LogP) is 5.24. The average Bonchev–Trinajstić information content (AvgIpc) is 2.98. The Morgan fingerprint density at radius 2 is 1.37 bits per heavy atom. The molecule has 0 fully saturated rings. The fraction of sp³-hybridized carbons (Fsp3) is 0.179. The number of carbonyl (C=O) groups is 1. The molecule has 1 atom stereocenters. The van der Waals surface area contributed by atoms with Crippen molar-refractivity contribution >= 4 is 5.97 Å². The first-order valence-corrected chi connectivity index (χ1v) is 11.6. The molecule has 3 aromatic carbocycles. The van der Waals surface area contributed by atoms with E-state index in [1.807, 2.05) is 42.5 Å². The summed E-state index contributed by atoms with van der Waals surface area (Å²) in [5, 5.41) is 4.19. The third kappa shape index (κ3) is 5.66. The Kier molecular flexibility index (Phi) is 8.38. The van der Waals surface area contributed by atoms with E-state index in [1.165, 1.54) is 20.3 Å². The number of carbonyl (C=O) groups excluding carboxylic acids is 1. The van der Waals surface area contributed by atoms with E-state index in [0.717, 1.165) is 5.56 Å². The molecule has 0 radical (unpaired) electrons. The second-order valence-electron chi connectivity index (χ2n) is 8.01. The molecule has 0 saturated heterocycles. The first kappa shape index (κ1) is 26.0. The van der Waals surface area contributed by atoms with Crippen LogP contribution in [0.2, 0.25) is 0 Å². The lowest BCUT2D eigenvalue weighted by Gasteiger charge is -2.35. The second kappa shape index (κ2) is 12.2. The number of rotatable bonds is 11. The summed E-state index contributed by atoms with van der Waals surface area (Å²) in [6, 6.07) is 28.1. The molecule has 0 aliphatic rings. The molecule has 10 heteroatoms. The highest BCUT2D eigenvalue weighted by molar-refractivity contribution is 5.79. The fourth-order valence-electron chi connectivity index (χ4n) is 3.95. The number of azide groups is 1. The molecule has 0 amide bonds. The third-order valence-electron chi connectivity index (χ3n) is 5.75. The molecule has 1 aromatic heterocycles. The van der Waals surface area contributed by atoms with Crippen LogP contribution in [0, 0.1) is 0 Å². The van der Waals surface area contributed by atoms with Gasteiger partial charge in [-0.15, -0.1) is 0 Å². The first-order chi connectivity index (χ1) is 18.6. The molecular formula is C28H25N5O5. The van der Waals surface area contributed by atoms with Gasteiger partial charge in [0.25, 0.3) is 0 Å². The van der Waals surface area contributed by atoms with Gasteiger partial charge in [-0.3, -0.25) is 0 Å². The maximum atomic E-state index is 13.8. The standard InChI is InChI=1S/C28H25N5O5/c1-35-23-18-24(36-2)31-27(30-23)38-25(26(34)37-19-20-12-6-3-7-13-20)28(32-33-29,21-14-8-4-9-15-21)22-16-10-5-11-17-22/h3-18,25H,19H2,1-2H3. The van der Waals surface area contributed by atoms with E-state index < -0.39 is 17.6 Å².